The molecule has 0 amide bonds. The van der Waals surface area contributed by atoms with Gasteiger partial charge in [0.15, 0.2) is 0 Å². The third-order valence-corrected chi connectivity index (χ3v) is 4.24. The van der Waals surface area contributed by atoms with Crippen LogP contribution in [0.1, 0.15) is 17.4 Å². The molecular formula is C13H14N4OS. The number of aryl methyl sites for hydroxylation is 3. The Bertz CT molecular complexity index is 812. The van der Waals surface area contributed by atoms with Crippen LogP contribution in [0.25, 0.3) is 21.6 Å². The van der Waals surface area contributed by atoms with Crippen molar-refractivity contribution in [2.24, 2.45) is 7.05 Å². The molecule has 19 heavy (non-hydrogen) atoms. The Hall–Kier alpha value is -1.95. The minimum absolute atomic E-state index is 0.0648. The van der Waals surface area contributed by atoms with Gasteiger partial charge in [-0.15, -0.1) is 11.3 Å². The number of rotatable bonds is 2. The lowest BCUT2D eigenvalue weighted by atomic mass is 10.1. The van der Waals surface area contributed by atoms with Gasteiger partial charge < -0.3 is 4.98 Å². The second kappa shape index (κ2) is 4.31. The number of aromatic nitrogens is 4. The lowest BCUT2D eigenvalue weighted by molar-refractivity contribution is 0.768. The third kappa shape index (κ3) is 1.88. The summed E-state index contributed by atoms with van der Waals surface area (Å²) >= 11 is 1.57. The van der Waals surface area contributed by atoms with Crippen molar-refractivity contribution in [3.8, 4) is 11.4 Å². The highest BCUT2D eigenvalue weighted by molar-refractivity contribution is 7.18. The predicted octanol–water partition coefficient (Wildman–Crippen LogP) is 2.26. The maximum absolute atomic E-state index is 12.3. The van der Waals surface area contributed by atoms with Crippen molar-refractivity contribution < 1.29 is 0 Å². The third-order valence-electron chi connectivity index (χ3n) is 3.19. The average molecular weight is 274 g/mol. The minimum atomic E-state index is -0.0648. The Morgan fingerprint density at radius 1 is 1.47 bits per heavy atom. The van der Waals surface area contributed by atoms with Gasteiger partial charge in [-0.25, -0.2) is 4.98 Å². The molecule has 0 bridgehead atoms. The second-order valence-corrected chi connectivity index (χ2v) is 5.69. The first-order chi connectivity index (χ1) is 9.10. The molecule has 0 aliphatic rings. The number of aromatic amines is 1. The van der Waals surface area contributed by atoms with E-state index < -0.39 is 0 Å². The fourth-order valence-electron chi connectivity index (χ4n) is 2.28. The summed E-state index contributed by atoms with van der Waals surface area (Å²) < 4.78 is 1.69. The summed E-state index contributed by atoms with van der Waals surface area (Å²) in [4.78, 5) is 21.6. The van der Waals surface area contributed by atoms with E-state index in [1.54, 1.807) is 22.2 Å². The lowest BCUT2D eigenvalue weighted by Gasteiger charge is -1.98. The Balaban J connectivity index is 2.29. The number of hydrogen-bond acceptors (Lipinski definition) is 4. The van der Waals surface area contributed by atoms with Crippen LogP contribution in [0, 0.1) is 6.92 Å². The summed E-state index contributed by atoms with van der Waals surface area (Å²) in [6.45, 7) is 4.09. The Morgan fingerprint density at radius 3 is 2.89 bits per heavy atom. The van der Waals surface area contributed by atoms with Crippen LogP contribution in [0.2, 0.25) is 0 Å². The van der Waals surface area contributed by atoms with E-state index in [1.807, 2.05) is 20.2 Å². The molecule has 0 fully saturated rings. The van der Waals surface area contributed by atoms with Crippen molar-refractivity contribution in [2.45, 2.75) is 20.3 Å². The molecule has 0 saturated heterocycles. The number of fused-ring (bicyclic) bond motifs is 1. The van der Waals surface area contributed by atoms with E-state index in [4.69, 9.17) is 0 Å². The molecule has 0 aliphatic carbocycles. The average Bonchev–Trinajstić information content (AvgIpc) is 2.92. The summed E-state index contributed by atoms with van der Waals surface area (Å²) in [7, 11) is 1.84. The van der Waals surface area contributed by atoms with Crippen LogP contribution in [-0.2, 0) is 13.5 Å². The van der Waals surface area contributed by atoms with Gasteiger partial charge in [-0.1, -0.05) is 6.92 Å². The van der Waals surface area contributed by atoms with E-state index in [0.717, 1.165) is 27.8 Å². The van der Waals surface area contributed by atoms with Gasteiger partial charge in [0.05, 0.1) is 17.1 Å². The van der Waals surface area contributed by atoms with Crippen LogP contribution in [0.15, 0.2) is 17.2 Å². The van der Waals surface area contributed by atoms with Gasteiger partial charge in [-0.3, -0.25) is 9.48 Å². The molecule has 3 aromatic heterocycles. The molecule has 3 aromatic rings. The smallest absolute Gasteiger partial charge is 0.260 e. The predicted molar refractivity (Wildman–Crippen MR) is 76.6 cm³/mol. The molecule has 6 heteroatoms. The first-order valence-electron chi connectivity index (χ1n) is 6.11. The van der Waals surface area contributed by atoms with Crippen LogP contribution >= 0.6 is 11.3 Å². The Labute approximate surface area is 113 Å². The largest absolute Gasteiger partial charge is 0.306 e. The van der Waals surface area contributed by atoms with E-state index in [1.165, 1.54) is 4.88 Å². The molecule has 0 spiro atoms. The number of nitrogens with zero attached hydrogens (tertiary/aromatic N) is 3. The van der Waals surface area contributed by atoms with E-state index in [9.17, 15) is 4.79 Å². The molecule has 0 unspecified atom stereocenters. The Morgan fingerprint density at radius 2 is 2.26 bits per heavy atom. The molecule has 5 nitrogen and oxygen atoms in total. The zero-order valence-electron chi connectivity index (χ0n) is 11.0. The first kappa shape index (κ1) is 12.1. The summed E-state index contributed by atoms with van der Waals surface area (Å²) in [6.07, 6.45) is 4.39. The topological polar surface area (TPSA) is 63.6 Å². The first-order valence-corrected chi connectivity index (χ1v) is 6.93. The zero-order valence-corrected chi connectivity index (χ0v) is 11.8. The van der Waals surface area contributed by atoms with Crippen molar-refractivity contribution in [1.82, 2.24) is 19.7 Å². The number of H-pyrrole nitrogens is 1. The van der Waals surface area contributed by atoms with Gasteiger partial charge >= 0.3 is 0 Å². The normalized spacial score (nSPS) is 11.3. The summed E-state index contributed by atoms with van der Waals surface area (Å²) in [5.41, 5.74) is 1.86. The van der Waals surface area contributed by atoms with Crippen molar-refractivity contribution in [2.75, 3.05) is 0 Å². The van der Waals surface area contributed by atoms with Gasteiger partial charge in [0.2, 0.25) is 0 Å². The number of hydrogen-bond donors (Lipinski definition) is 1. The van der Waals surface area contributed by atoms with Crippen molar-refractivity contribution in [1.29, 1.82) is 0 Å². The van der Waals surface area contributed by atoms with Crippen molar-refractivity contribution in [3.05, 3.63) is 33.2 Å². The van der Waals surface area contributed by atoms with Gasteiger partial charge in [-0.05, 0) is 18.9 Å². The lowest BCUT2D eigenvalue weighted by Crippen LogP contribution is -2.09. The molecule has 0 saturated carbocycles. The van der Waals surface area contributed by atoms with Gasteiger partial charge in [0.1, 0.15) is 10.7 Å². The summed E-state index contributed by atoms with van der Waals surface area (Å²) in [6, 6.07) is 0. The van der Waals surface area contributed by atoms with Crippen LogP contribution in [0.4, 0.5) is 0 Å². The summed E-state index contributed by atoms with van der Waals surface area (Å²) in [5, 5.41) is 4.83. The summed E-state index contributed by atoms with van der Waals surface area (Å²) in [5.74, 6) is 0.578. The fourth-order valence-corrected chi connectivity index (χ4v) is 3.40. The standard InChI is InChI=1S/C13H14N4OS/c1-4-9-7(2)19-13-10(9)12(18)15-11(16-13)8-5-14-17(3)6-8/h5-6H,4H2,1-3H3,(H,15,16,18). The molecule has 0 radical (unpaired) electrons. The van der Waals surface area contributed by atoms with Crippen molar-refractivity contribution in [3.63, 3.8) is 0 Å². The highest BCUT2D eigenvalue weighted by Gasteiger charge is 2.14. The highest BCUT2D eigenvalue weighted by Crippen LogP contribution is 2.28. The van der Waals surface area contributed by atoms with Crippen LogP contribution in [0.3, 0.4) is 0 Å². The SMILES string of the molecule is CCc1c(C)sc2nc(-c3cnn(C)c3)[nH]c(=O)c12. The Kier molecular flexibility index (Phi) is 2.74. The van der Waals surface area contributed by atoms with Crippen LogP contribution in [-0.4, -0.2) is 19.7 Å². The molecule has 3 heterocycles. The molecule has 0 atom stereocenters. The number of thiophene rings is 1. The van der Waals surface area contributed by atoms with Gasteiger partial charge in [-0.2, -0.15) is 5.10 Å². The fraction of sp³-hybridized carbons (Fsp3) is 0.308. The second-order valence-electron chi connectivity index (χ2n) is 4.49. The maximum Gasteiger partial charge on any atom is 0.260 e. The zero-order chi connectivity index (χ0) is 13.6. The molecule has 98 valence electrons. The highest BCUT2D eigenvalue weighted by atomic mass is 32.1. The molecule has 1 N–H and O–H groups in total. The van der Waals surface area contributed by atoms with Crippen LogP contribution < -0.4 is 5.56 Å². The van der Waals surface area contributed by atoms with Crippen molar-refractivity contribution >= 4 is 21.6 Å². The number of nitrogens with one attached hydrogen (secondary N) is 1. The molecule has 3 rings (SSSR count). The van der Waals surface area contributed by atoms with Crippen LogP contribution in [0.5, 0.6) is 0 Å². The minimum Gasteiger partial charge on any atom is -0.306 e. The van der Waals surface area contributed by atoms with E-state index in [2.05, 4.69) is 22.0 Å². The van der Waals surface area contributed by atoms with E-state index >= 15 is 0 Å². The van der Waals surface area contributed by atoms with Gasteiger partial charge in [0.25, 0.3) is 5.56 Å². The molecule has 0 aliphatic heterocycles. The quantitative estimate of drug-likeness (QED) is 0.779. The van der Waals surface area contributed by atoms with Gasteiger partial charge in [0, 0.05) is 18.1 Å². The van der Waals surface area contributed by atoms with E-state index in [-0.39, 0.29) is 5.56 Å². The maximum atomic E-state index is 12.3. The molecular weight excluding hydrogens is 260 g/mol. The molecule has 0 aromatic carbocycles. The monoisotopic (exact) mass is 274 g/mol. The van der Waals surface area contributed by atoms with E-state index in [0.29, 0.717) is 5.82 Å².